The third-order valence-corrected chi connectivity index (χ3v) is 6.24. The van der Waals surface area contributed by atoms with Gasteiger partial charge >= 0.3 is 0 Å². The minimum atomic E-state index is 0.647. The number of piperazine rings is 1. The predicted molar refractivity (Wildman–Crippen MR) is 129 cm³/mol. The SMILES string of the molecule is C=C(C)Cc1c(C)c(C#N)c2nc3ccccc3n2c1N1CCN(c2ccccn2)CC1. The third kappa shape index (κ3) is 3.27. The van der Waals surface area contributed by atoms with Crippen molar-refractivity contribution in [1.29, 1.82) is 5.26 Å². The molecule has 32 heavy (non-hydrogen) atoms. The summed E-state index contributed by atoms with van der Waals surface area (Å²) in [4.78, 5) is 14.1. The number of hydrogen-bond donors (Lipinski definition) is 0. The minimum absolute atomic E-state index is 0.647. The fourth-order valence-corrected chi connectivity index (χ4v) is 4.70. The van der Waals surface area contributed by atoms with Crippen LogP contribution in [0.2, 0.25) is 0 Å². The summed E-state index contributed by atoms with van der Waals surface area (Å²) in [6.45, 7) is 11.8. The van der Waals surface area contributed by atoms with Gasteiger partial charge in [-0.25, -0.2) is 9.97 Å². The number of aromatic nitrogens is 3. The highest BCUT2D eigenvalue weighted by molar-refractivity contribution is 5.86. The van der Waals surface area contributed by atoms with Crippen molar-refractivity contribution in [3.05, 3.63) is 77.5 Å². The van der Waals surface area contributed by atoms with Gasteiger partial charge in [-0.1, -0.05) is 30.4 Å². The summed E-state index contributed by atoms with van der Waals surface area (Å²) in [6, 6.07) is 16.6. The molecule has 0 aliphatic carbocycles. The highest BCUT2D eigenvalue weighted by Crippen LogP contribution is 2.35. The second-order valence-corrected chi connectivity index (χ2v) is 8.47. The molecule has 0 N–H and O–H groups in total. The molecule has 3 aromatic heterocycles. The molecule has 0 unspecified atom stereocenters. The first-order valence-corrected chi connectivity index (χ1v) is 11.0. The van der Waals surface area contributed by atoms with Crippen LogP contribution in [0.3, 0.4) is 0 Å². The smallest absolute Gasteiger partial charge is 0.157 e. The van der Waals surface area contributed by atoms with Crippen LogP contribution in [0.5, 0.6) is 0 Å². The molecule has 4 heterocycles. The highest BCUT2D eigenvalue weighted by Gasteiger charge is 2.27. The van der Waals surface area contributed by atoms with Gasteiger partial charge in [0.15, 0.2) is 5.65 Å². The largest absolute Gasteiger partial charge is 0.354 e. The Hall–Kier alpha value is -3.85. The Balaban J connectivity index is 1.67. The number of fused-ring (bicyclic) bond motifs is 3. The Morgan fingerprint density at radius 3 is 2.47 bits per heavy atom. The third-order valence-electron chi connectivity index (χ3n) is 6.24. The molecule has 1 saturated heterocycles. The van der Waals surface area contributed by atoms with E-state index in [0.29, 0.717) is 5.56 Å². The van der Waals surface area contributed by atoms with Gasteiger partial charge in [-0.3, -0.25) is 4.40 Å². The predicted octanol–water partition coefficient (Wildman–Crippen LogP) is 4.51. The fraction of sp³-hybridized carbons (Fsp3) is 0.269. The lowest BCUT2D eigenvalue weighted by Crippen LogP contribution is -2.47. The van der Waals surface area contributed by atoms with Crippen LogP contribution in [-0.2, 0) is 6.42 Å². The van der Waals surface area contributed by atoms with Gasteiger partial charge in [0.05, 0.1) is 16.6 Å². The van der Waals surface area contributed by atoms with Crippen LogP contribution in [0.15, 0.2) is 60.8 Å². The number of imidazole rings is 1. The first-order chi connectivity index (χ1) is 15.6. The maximum absolute atomic E-state index is 10.0. The number of para-hydroxylation sites is 2. The topological polar surface area (TPSA) is 60.5 Å². The number of nitrogens with zero attached hydrogens (tertiary/aromatic N) is 6. The highest BCUT2D eigenvalue weighted by atomic mass is 15.3. The van der Waals surface area contributed by atoms with Crippen molar-refractivity contribution in [1.82, 2.24) is 14.4 Å². The number of anilines is 2. The number of hydrogen-bond acceptors (Lipinski definition) is 5. The first kappa shape index (κ1) is 20.1. The van der Waals surface area contributed by atoms with Crippen LogP contribution in [0.4, 0.5) is 11.6 Å². The van der Waals surface area contributed by atoms with Crippen LogP contribution in [-0.4, -0.2) is 40.5 Å². The molecule has 1 aliphatic heterocycles. The van der Waals surface area contributed by atoms with Crippen molar-refractivity contribution in [3.8, 4) is 6.07 Å². The van der Waals surface area contributed by atoms with E-state index in [1.165, 1.54) is 0 Å². The van der Waals surface area contributed by atoms with E-state index in [-0.39, 0.29) is 0 Å². The molecule has 160 valence electrons. The second-order valence-electron chi connectivity index (χ2n) is 8.47. The summed E-state index contributed by atoms with van der Waals surface area (Å²) < 4.78 is 2.19. The van der Waals surface area contributed by atoms with Crippen molar-refractivity contribution in [3.63, 3.8) is 0 Å². The van der Waals surface area contributed by atoms with Gasteiger partial charge in [0, 0.05) is 37.9 Å². The van der Waals surface area contributed by atoms with E-state index in [4.69, 9.17) is 4.98 Å². The van der Waals surface area contributed by atoms with Crippen molar-refractivity contribution in [2.24, 2.45) is 0 Å². The second kappa shape index (κ2) is 8.01. The zero-order valence-electron chi connectivity index (χ0n) is 18.5. The molecular weight excluding hydrogens is 396 g/mol. The van der Waals surface area contributed by atoms with Gasteiger partial charge in [0.1, 0.15) is 17.7 Å². The monoisotopic (exact) mass is 422 g/mol. The Labute approximate surface area is 188 Å². The molecule has 0 spiro atoms. The molecule has 6 heteroatoms. The molecule has 4 aromatic rings. The summed E-state index contributed by atoms with van der Waals surface area (Å²) in [6.07, 6.45) is 2.58. The van der Waals surface area contributed by atoms with Gasteiger partial charge in [0.25, 0.3) is 0 Å². The number of nitriles is 1. The lowest BCUT2D eigenvalue weighted by molar-refractivity contribution is 0.637. The molecule has 6 nitrogen and oxygen atoms in total. The number of rotatable bonds is 4. The molecule has 0 amide bonds. The molecule has 0 saturated carbocycles. The molecule has 1 aromatic carbocycles. The van der Waals surface area contributed by atoms with E-state index in [1.807, 2.05) is 50.4 Å². The molecule has 1 aliphatic rings. The summed E-state index contributed by atoms with van der Waals surface area (Å²) >= 11 is 0. The van der Waals surface area contributed by atoms with E-state index < -0.39 is 0 Å². The zero-order chi connectivity index (χ0) is 22.2. The Morgan fingerprint density at radius 1 is 1.06 bits per heavy atom. The van der Waals surface area contributed by atoms with E-state index >= 15 is 0 Å². The van der Waals surface area contributed by atoms with Crippen molar-refractivity contribution in [2.45, 2.75) is 20.3 Å². The molecule has 0 atom stereocenters. The van der Waals surface area contributed by atoms with E-state index in [2.05, 4.69) is 44.0 Å². The molecule has 5 rings (SSSR count). The number of pyridine rings is 2. The average molecular weight is 423 g/mol. The summed E-state index contributed by atoms with van der Waals surface area (Å²) in [5.74, 6) is 2.15. The van der Waals surface area contributed by atoms with E-state index in [1.54, 1.807) is 0 Å². The average Bonchev–Trinajstić information content (AvgIpc) is 3.19. The normalized spacial score (nSPS) is 14.2. The van der Waals surface area contributed by atoms with Gasteiger partial charge in [-0.2, -0.15) is 5.26 Å². The van der Waals surface area contributed by atoms with Crippen molar-refractivity contribution >= 4 is 28.3 Å². The molecule has 0 bridgehead atoms. The van der Waals surface area contributed by atoms with Gasteiger partial charge in [-0.05, 0) is 50.1 Å². The minimum Gasteiger partial charge on any atom is -0.354 e. The number of benzene rings is 1. The van der Waals surface area contributed by atoms with E-state index in [9.17, 15) is 5.26 Å². The van der Waals surface area contributed by atoms with Gasteiger partial charge in [-0.15, -0.1) is 0 Å². The summed E-state index contributed by atoms with van der Waals surface area (Å²) in [5.41, 5.74) is 6.56. The lowest BCUT2D eigenvalue weighted by atomic mass is 9.98. The number of allylic oxidation sites excluding steroid dienone is 1. The van der Waals surface area contributed by atoms with Crippen LogP contribution in [0.1, 0.15) is 23.6 Å². The first-order valence-electron chi connectivity index (χ1n) is 11.0. The van der Waals surface area contributed by atoms with Gasteiger partial charge < -0.3 is 9.80 Å². The lowest BCUT2D eigenvalue weighted by Gasteiger charge is -2.38. The molecule has 0 radical (unpaired) electrons. The quantitative estimate of drug-likeness (QED) is 0.453. The molecular formula is C26H26N6. The maximum Gasteiger partial charge on any atom is 0.157 e. The van der Waals surface area contributed by atoms with Crippen LogP contribution in [0.25, 0.3) is 16.7 Å². The van der Waals surface area contributed by atoms with Crippen LogP contribution < -0.4 is 9.80 Å². The Kier molecular flexibility index (Phi) is 5.02. The molecule has 1 fully saturated rings. The summed E-state index contributed by atoms with van der Waals surface area (Å²) in [5, 5.41) is 10.0. The van der Waals surface area contributed by atoms with Gasteiger partial charge in [0.2, 0.25) is 0 Å². The standard InChI is InChI=1S/C26H26N6/c1-18(2)16-20-19(3)21(17-27)25-29-22-8-4-5-9-23(22)32(25)26(20)31-14-12-30(13-15-31)24-10-6-7-11-28-24/h4-11H,1,12-16H2,2-3H3. The Morgan fingerprint density at radius 2 is 1.78 bits per heavy atom. The van der Waals surface area contributed by atoms with E-state index in [0.717, 1.165) is 77.6 Å². The summed E-state index contributed by atoms with van der Waals surface area (Å²) in [7, 11) is 0. The van der Waals surface area contributed by atoms with Crippen molar-refractivity contribution < 1.29 is 0 Å². The Bertz CT molecular complexity index is 1350. The van der Waals surface area contributed by atoms with Crippen molar-refractivity contribution in [2.75, 3.05) is 36.0 Å². The van der Waals surface area contributed by atoms with Crippen LogP contribution >= 0.6 is 0 Å². The zero-order valence-corrected chi connectivity index (χ0v) is 18.5. The fourth-order valence-electron chi connectivity index (χ4n) is 4.70. The maximum atomic E-state index is 10.0. The van der Waals surface area contributed by atoms with Crippen LogP contribution in [0, 0.1) is 18.3 Å².